The first-order valence-electron chi connectivity index (χ1n) is 13.2. The maximum atomic E-state index is 13.0. The number of morpholine rings is 1. The molecule has 2 fully saturated rings. The number of amides is 1. The Hall–Kier alpha value is -1.80. The maximum Gasteiger partial charge on any atom is 0.223 e. The second-order valence-electron chi connectivity index (χ2n) is 11.1. The monoisotopic (exact) mass is 497 g/mol. The van der Waals surface area contributed by atoms with Gasteiger partial charge in [-0.3, -0.25) is 9.69 Å². The molecule has 1 aliphatic heterocycles. The van der Waals surface area contributed by atoms with E-state index in [1.807, 2.05) is 24.3 Å². The number of thiazole rings is 1. The molecule has 5 rings (SSSR count). The van der Waals surface area contributed by atoms with Gasteiger partial charge in [0.2, 0.25) is 5.91 Å². The fraction of sp³-hybridized carbons (Fsp3) is 0.643. The van der Waals surface area contributed by atoms with Crippen LogP contribution in [-0.4, -0.2) is 66.4 Å². The molecule has 1 aromatic heterocycles. The molecule has 2 N–H and O–H groups in total. The minimum atomic E-state index is -0.501. The number of benzene rings is 1. The summed E-state index contributed by atoms with van der Waals surface area (Å²) < 4.78 is 5.40. The minimum absolute atomic E-state index is 0.0207. The lowest BCUT2D eigenvalue weighted by molar-refractivity contribution is -0.134. The Balaban J connectivity index is 1.27. The average Bonchev–Trinajstić information content (AvgIpc) is 3.29. The number of aliphatic hydroxyl groups is 1. The van der Waals surface area contributed by atoms with Gasteiger partial charge in [0.1, 0.15) is 5.01 Å². The molecule has 1 amide bonds. The van der Waals surface area contributed by atoms with E-state index in [1.54, 1.807) is 0 Å². The molecule has 1 saturated heterocycles. The third-order valence-corrected chi connectivity index (χ3v) is 9.95. The molecule has 2 aliphatic carbocycles. The molecule has 0 radical (unpaired) electrons. The van der Waals surface area contributed by atoms with E-state index in [-0.39, 0.29) is 35.0 Å². The van der Waals surface area contributed by atoms with E-state index in [9.17, 15) is 9.90 Å². The summed E-state index contributed by atoms with van der Waals surface area (Å²) in [6.45, 7) is 11.5. The van der Waals surface area contributed by atoms with Crippen LogP contribution >= 0.6 is 11.3 Å². The molecule has 0 bridgehead atoms. The van der Waals surface area contributed by atoms with Crippen LogP contribution in [0.4, 0.5) is 0 Å². The highest BCUT2D eigenvalue weighted by Gasteiger charge is 2.53. The van der Waals surface area contributed by atoms with Gasteiger partial charge < -0.3 is 15.2 Å². The van der Waals surface area contributed by atoms with Crippen molar-refractivity contribution in [1.82, 2.24) is 15.2 Å². The summed E-state index contributed by atoms with van der Waals surface area (Å²) in [5.41, 5.74) is 2.35. The van der Waals surface area contributed by atoms with Crippen molar-refractivity contribution in [3.05, 3.63) is 40.9 Å². The number of nitrogens with one attached hydrogen (secondary N) is 1. The van der Waals surface area contributed by atoms with Gasteiger partial charge in [-0.15, -0.1) is 11.3 Å². The molecular weight excluding hydrogens is 458 g/mol. The van der Waals surface area contributed by atoms with E-state index in [1.165, 1.54) is 4.88 Å². The van der Waals surface area contributed by atoms with Crippen LogP contribution in [-0.2, 0) is 16.0 Å². The molecule has 6 atom stereocenters. The second-order valence-corrected chi connectivity index (χ2v) is 12.1. The number of hydrogen-bond donors (Lipinski definition) is 2. The third-order valence-electron chi connectivity index (χ3n) is 8.83. The highest BCUT2D eigenvalue weighted by molar-refractivity contribution is 7.15. The van der Waals surface area contributed by atoms with E-state index < -0.39 is 6.10 Å². The van der Waals surface area contributed by atoms with Crippen LogP contribution in [0.5, 0.6) is 0 Å². The average molecular weight is 498 g/mol. The van der Waals surface area contributed by atoms with Crippen LogP contribution in [0, 0.1) is 23.2 Å². The van der Waals surface area contributed by atoms with Gasteiger partial charge in [-0.25, -0.2) is 4.98 Å². The van der Waals surface area contributed by atoms with Crippen LogP contribution in [0.2, 0.25) is 0 Å². The van der Waals surface area contributed by atoms with Gasteiger partial charge in [0.15, 0.2) is 0 Å². The number of ether oxygens (including phenoxy) is 1. The van der Waals surface area contributed by atoms with E-state index in [0.29, 0.717) is 6.54 Å². The Labute approximate surface area is 213 Å². The van der Waals surface area contributed by atoms with Crippen molar-refractivity contribution in [2.24, 2.45) is 23.2 Å². The normalized spacial score (nSPS) is 31.9. The van der Waals surface area contributed by atoms with Gasteiger partial charge in [0, 0.05) is 48.5 Å². The Bertz CT molecular complexity index is 1020. The van der Waals surface area contributed by atoms with Crippen molar-refractivity contribution in [2.45, 2.75) is 52.1 Å². The fourth-order valence-electron chi connectivity index (χ4n) is 6.77. The zero-order chi connectivity index (χ0) is 24.6. The summed E-state index contributed by atoms with van der Waals surface area (Å²) in [6, 6.07) is 10.4. The van der Waals surface area contributed by atoms with Gasteiger partial charge >= 0.3 is 0 Å². The number of aromatic nitrogens is 1. The molecule has 0 unspecified atom stereocenters. The molecule has 2 heterocycles. The van der Waals surface area contributed by atoms with Crippen LogP contribution < -0.4 is 5.32 Å². The maximum absolute atomic E-state index is 13.0. The lowest BCUT2D eigenvalue weighted by Crippen LogP contribution is -2.53. The number of carbonyl (C=O) groups is 1. The van der Waals surface area contributed by atoms with E-state index in [4.69, 9.17) is 9.72 Å². The first-order valence-corrected chi connectivity index (χ1v) is 14.0. The molecule has 7 heteroatoms. The highest BCUT2D eigenvalue weighted by Crippen LogP contribution is 2.57. The van der Waals surface area contributed by atoms with Gasteiger partial charge in [-0.05, 0) is 36.5 Å². The van der Waals surface area contributed by atoms with Gasteiger partial charge in [0.25, 0.3) is 0 Å². The summed E-state index contributed by atoms with van der Waals surface area (Å²) in [5.74, 6) is 0.126. The van der Waals surface area contributed by atoms with Crippen LogP contribution in [0.3, 0.4) is 0 Å². The van der Waals surface area contributed by atoms with Crippen molar-refractivity contribution in [2.75, 3.05) is 39.4 Å². The van der Waals surface area contributed by atoms with Crippen molar-refractivity contribution in [3.63, 3.8) is 0 Å². The first kappa shape index (κ1) is 24.9. The predicted molar refractivity (Wildman–Crippen MR) is 139 cm³/mol. The number of aliphatic hydroxyl groups excluding tert-OH is 1. The summed E-state index contributed by atoms with van der Waals surface area (Å²) in [7, 11) is 0. The Kier molecular flexibility index (Phi) is 7.31. The van der Waals surface area contributed by atoms with E-state index >= 15 is 0 Å². The Morgan fingerprint density at radius 1 is 1.31 bits per heavy atom. The first-order chi connectivity index (χ1) is 16.9. The molecule has 3 aliphatic rings. The predicted octanol–water partition coefficient (Wildman–Crippen LogP) is 3.95. The zero-order valence-corrected chi connectivity index (χ0v) is 22.0. The fourth-order valence-corrected chi connectivity index (χ4v) is 8.14. The molecule has 1 aromatic carbocycles. The smallest absolute Gasteiger partial charge is 0.223 e. The second kappa shape index (κ2) is 10.3. The number of carbonyl (C=O) groups excluding carboxylic acids is 1. The molecule has 2 aromatic rings. The molecular formula is C28H39N3O3S. The number of rotatable bonds is 6. The van der Waals surface area contributed by atoms with Gasteiger partial charge in [-0.2, -0.15) is 0 Å². The van der Waals surface area contributed by atoms with Crippen LogP contribution in [0.15, 0.2) is 30.3 Å². The summed E-state index contributed by atoms with van der Waals surface area (Å²) in [4.78, 5) is 21.8. The third kappa shape index (κ3) is 4.93. The lowest BCUT2D eigenvalue weighted by Gasteiger charge is -2.53. The summed E-state index contributed by atoms with van der Waals surface area (Å²) in [5, 5.41) is 15.9. The van der Waals surface area contributed by atoms with Crippen molar-refractivity contribution in [1.29, 1.82) is 0 Å². The summed E-state index contributed by atoms with van der Waals surface area (Å²) in [6.07, 6.45) is 2.39. The summed E-state index contributed by atoms with van der Waals surface area (Å²) >= 11 is 1.81. The SMILES string of the molecule is C[C@H](C(=O)NCCN1CCOCC1)[C@H]1CC[C@@]2(C)Cc3sc(-c4ccccc4)nc3[C@@H](C)[C@@H]2[C@H]1O. The Morgan fingerprint density at radius 3 is 2.80 bits per heavy atom. The van der Waals surface area contributed by atoms with Crippen LogP contribution in [0.25, 0.3) is 10.6 Å². The topological polar surface area (TPSA) is 74.7 Å². The standard InChI is InChI=1S/C28H39N3O3S/c1-18(26(33)29-11-12-31-13-15-34-16-14-31)21-9-10-28(3)17-22-24(19(2)23(28)25(21)32)30-27(35-22)20-7-5-4-6-8-20/h4-8,18-19,21,23,25,32H,9-17H2,1-3H3,(H,29,33)/t18-,19-,21+,23+,25-,28-/m0/s1. The number of hydrogen-bond acceptors (Lipinski definition) is 6. The lowest BCUT2D eigenvalue weighted by atomic mass is 9.53. The van der Waals surface area contributed by atoms with Crippen molar-refractivity contribution >= 4 is 17.2 Å². The Morgan fingerprint density at radius 2 is 2.06 bits per heavy atom. The van der Waals surface area contributed by atoms with Gasteiger partial charge in [0.05, 0.1) is 25.0 Å². The van der Waals surface area contributed by atoms with Gasteiger partial charge in [-0.1, -0.05) is 51.1 Å². The molecule has 190 valence electrons. The van der Waals surface area contributed by atoms with E-state index in [2.05, 4.69) is 48.3 Å². The molecule has 35 heavy (non-hydrogen) atoms. The molecule has 6 nitrogen and oxygen atoms in total. The number of fused-ring (bicyclic) bond motifs is 2. The van der Waals surface area contributed by atoms with E-state index in [0.717, 1.165) is 68.4 Å². The highest BCUT2D eigenvalue weighted by atomic mass is 32.1. The largest absolute Gasteiger partial charge is 0.392 e. The number of nitrogens with zero attached hydrogens (tertiary/aromatic N) is 2. The molecule has 1 saturated carbocycles. The molecule has 0 spiro atoms. The minimum Gasteiger partial charge on any atom is -0.392 e. The van der Waals surface area contributed by atoms with Crippen LogP contribution in [0.1, 0.15) is 50.1 Å². The van der Waals surface area contributed by atoms with Crippen molar-refractivity contribution in [3.8, 4) is 10.6 Å². The zero-order valence-electron chi connectivity index (χ0n) is 21.2. The van der Waals surface area contributed by atoms with Crippen molar-refractivity contribution < 1.29 is 14.6 Å². The quantitative estimate of drug-likeness (QED) is 0.632.